The van der Waals surface area contributed by atoms with Crippen LogP contribution in [0, 0.1) is 0 Å². The fourth-order valence-electron chi connectivity index (χ4n) is 2.24. The molecule has 0 bridgehead atoms. The lowest BCUT2D eigenvalue weighted by Crippen LogP contribution is -2.38. The van der Waals surface area contributed by atoms with E-state index in [2.05, 4.69) is 27.7 Å². The topological polar surface area (TPSA) is 44.4 Å². The number of carbonyl (C=O) groups is 1. The minimum absolute atomic E-state index is 0.0347. The van der Waals surface area contributed by atoms with Crippen LogP contribution in [-0.4, -0.2) is 44.0 Å². The number of rotatable bonds is 8. The highest BCUT2D eigenvalue weighted by Gasteiger charge is 2.16. The largest absolute Gasteiger partial charge is 0.348 e. The predicted molar refractivity (Wildman–Crippen MR) is 83.6 cm³/mol. The maximum Gasteiger partial charge on any atom is 0.222 e. The van der Waals surface area contributed by atoms with Crippen LogP contribution in [0.4, 0.5) is 0 Å². The molecule has 1 aromatic rings. The van der Waals surface area contributed by atoms with Crippen molar-refractivity contribution in [3.05, 3.63) is 35.9 Å². The molecule has 0 saturated carbocycles. The summed E-state index contributed by atoms with van der Waals surface area (Å²) in [6, 6.07) is 10.4. The molecule has 2 atom stereocenters. The Kier molecular flexibility index (Phi) is 7.26. The van der Waals surface area contributed by atoms with Crippen molar-refractivity contribution in [2.24, 2.45) is 0 Å². The molecule has 1 aromatic carbocycles. The molecule has 2 N–H and O–H groups in total. The number of likely N-dealkylation sites (N-methyl/N-ethyl adjacent to an activating group) is 1. The Morgan fingerprint density at radius 2 is 1.90 bits per heavy atom. The van der Waals surface area contributed by atoms with Crippen LogP contribution < -0.4 is 10.6 Å². The first-order valence-electron chi connectivity index (χ1n) is 7.25. The Morgan fingerprint density at radius 1 is 1.25 bits per heavy atom. The zero-order chi connectivity index (χ0) is 15.0. The van der Waals surface area contributed by atoms with Crippen LogP contribution in [0.25, 0.3) is 0 Å². The number of hydrogen-bond donors (Lipinski definition) is 2. The lowest BCUT2D eigenvalue weighted by atomic mass is 10.1. The Labute approximate surface area is 122 Å². The van der Waals surface area contributed by atoms with E-state index in [1.165, 1.54) is 0 Å². The van der Waals surface area contributed by atoms with Crippen molar-refractivity contribution in [3.8, 4) is 0 Å². The standard InChI is InChI=1S/C16H27N3O/c1-5-17-13(2)11-16(20)18-15(12-19(3)4)14-9-7-6-8-10-14/h6-10,13,15,17H,5,11-12H2,1-4H3,(H,18,20). The monoisotopic (exact) mass is 277 g/mol. The normalized spacial score (nSPS) is 14.1. The molecule has 1 amide bonds. The third-order valence-corrected chi connectivity index (χ3v) is 3.13. The highest BCUT2D eigenvalue weighted by molar-refractivity contribution is 5.77. The first-order chi connectivity index (χ1) is 9.52. The van der Waals surface area contributed by atoms with Crippen molar-refractivity contribution in [1.29, 1.82) is 0 Å². The van der Waals surface area contributed by atoms with Crippen LogP contribution in [-0.2, 0) is 4.79 Å². The molecule has 4 nitrogen and oxygen atoms in total. The van der Waals surface area contributed by atoms with Gasteiger partial charge in [0.15, 0.2) is 0 Å². The molecule has 0 radical (unpaired) electrons. The number of nitrogens with one attached hydrogen (secondary N) is 2. The van der Waals surface area contributed by atoms with Crippen molar-refractivity contribution in [2.45, 2.75) is 32.4 Å². The Balaban J connectivity index is 2.63. The summed E-state index contributed by atoms with van der Waals surface area (Å²) >= 11 is 0. The van der Waals surface area contributed by atoms with E-state index in [1.807, 2.05) is 46.1 Å². The fourth-order valence-corrected chi connectivity index (χ4v) is 2.24. The molecule has 0 heterocycles. The van der Waals surface area contributed by atoms with Crippen LogP contribution in [0.2, 0.25) is 0 Å². The van der Waals surface area contributed by atoms with Crippen LogP contribution in [0.5, 0.6) is 0 Å². The zero-order valence-electron chi connectivity index (χ0n) is 13.0. The summed E-state index contributed by atoms with van der Waals surface area (Å²) in [5, 5.41) is 6.39. The van der Waals surface area contributed by atoms with Gasteiger partial charge in [0, 0.05) is 19.0 Å². The van der Waals surface area contributed by atoms with Gasteiger partial charge in [0.1, 0.15) is 0 Å². The average Bonchev–Trinajstić information content (AvgIpc) is 2.38. The van der Waals surface area contributed by atoms with Gasteiger partial charge in [-0.3, -0.25) is 4.79 Å². The molecule has 0 aliphatic carbocycles. The molecule has 0 fully saturated rings. The van der Waals surface area contributed by atoms with E-state index in [1.54, 1.807) is 0 Å². The van der Waals surface area contributed by atoms with Crippen molar-refractivity contribution in [1.82, 2.24) is 15.5 Å². The summed E-state index contributed by atoms with van der Waals surface area (Å²) in [4.78, 5) is 14.2. The third-order valence-electron chi connectivity index (χ3n) is 3.13. The molecule has 2 unspecified atom stereocenters. The van der Waals surface area contributed by atoms with Gasteiger partial charge >= 0.3 is 0 Å². The molecule has 0 aromatic heterocycles. The Hall–Kier alpha value is -1.39. The van der Waals surface area contributed by atoms with Gasteiger partial charge in [-0.05, 0) is 33.1 Å². The SMILES string of the molecule is CCNC(C)CC(=O)NC(CN(C)C)c1ccccc1. The van der Waals surface area contributed by atoms with Gasteiger partial charge in [-0.1, -0.05) is 37.3 Å². The molecular formula is C16H27N3O. The van der Waals surface area contributed by atoms with Crippen molar-refractivity contribution in [2.75, 3.05) is 27.2 Å². The maximum absolute atomic E-state index is 12.1. The first kappa shape index (κ1) is 16.7. The van der Waals surface area contributed by atoms with E-state index >= 15 is 0 Å². The maximum atomic E-state index is 12.1. The number of hydrogen-bond acceptors (Lipinski definition) is 3. The second-order valence-electron chi connectivity index (χ2n) is 5.46. The van der Waals surface area contributed by atoms with Gasteiger partial charge < -0.3 is 15.5 Å². The Bertz CT molecular complexity index is 392. The van der Waals surface area contributed by atoms with Gasteiger partial charge in [-0.25, -0.2) is 0 Å². The second kappa shape index (κ2) is 8.72. The predicted octanol–water partition coefficient (Wildman–Crippen LogP) is 1.79. The number of carbonyl (C=O) groups excluding carboxylic acids is 1. The van der Waals surface area contributed by atoms with Gasteiger partial charge in [-0.15, -0.1) is 0 Å². The molecule has 1 rings (SSSR count). The highest BCUT2D eigenvalue weighted by Crippen LogP contribution is 2.13. The van der Waals surface area contributed by atoms with Gasteiger partial charge in [-0.2, -0.15) is 0 Å². The minimum atomic E-state index is 0.0347. The van der Waals surface area contributed by atoms with E-state index in [9.17, 15) is 4.79 Å². The highest BCUT2D eigenvalue weighted by atomic mass is 16.1. The average molecular weight is 277 g/mol. The summed E-state index contributed by atoms with van der Waals surface area (Å²) < 4.78 is 0. The lowest BCUT2D eigenvalue weighted by molar-refractivity contribution is -0.122. The van der Waals surface area contributed by atoms with Crippen LogP contribution in [0.15, 0.2) is 30.3 Å². The van der Waals surface area contributed by atoms with E-state index < -0.39 is 0 Å². The lowest BCUT2D eigenvalue weighted by Gasteiger charge is -2.23. The molecule has 0 spiro atoms. The van der Waals surface area contributed by atoms with Crippen molar-refractivity contribution in [3.63, 3.8) is 0 Å². The second-order valence-corrected chi connectivity index (χ2v) is 5.46. The molecule has 112 valence electrons. The summed E-state index contributed by atoms with van der Waals surface area (Å²) in [6.45, 7) is 5.76. The number of benzene rings is 1. The summed E-state index contributed by atoms with van der Waals surface area (Å²) in [7, 11) is 4.03. The van der Waals surface area contributed by atoms with Gasteiger partial charge in [0.25, 0.3) is 0 Å². The fraction of sp³-hybridized carbons (Fsp3) is 0.562. The van der Waals surface area contributed by atoms with Crippen molar-refractivity contribution < 1.29 is 4.79 Å². The number of amides is 1. The minimum Gasteiger partial charge on any atom is -0.348 e. The Morgan fingerprint density at radius 3 is 2.45 bits per heavy atom. The van der Waals surface area contributed by atoms with Gasteiger partial charge in [0.05, 0.1) is 6.04 Å². The number of nitrogens with zero attached hydrogens (tertiary/aromatic N) is 1. The molecule has 4 heteroatoms. The summed E-state index contributed by atoms with van der Waals surface area (Å²) in [5.41, 5.74) is 1.14. The van der Waals surface area contributed by atoms with Crippen LogP contribution >= 0.6 is 0 Å². The molecule has 0 aliphatic rings. The van der Waals surface area contributed by atoms with E-state index in [4.69, 9.17) is 0 Å². The molecule has 20 heavy (non-hydrogen) atoms. The summed E-state index contributed by atoms with van der Waals surface area (Å²) in [6.07, 6.45) is 0.505. The van der Waals surface area contributed by atoms with Crippen LogP contribution in [0.1, 0.15) is 31.9 Å². The smallest absolute Gasteiger partial charge is 0.222 e. The zero-order valence-corrected chi connectivity index (χ0v) is 13.0. The van der Waals surface area contributed by atoms with E-state index in [0.717, 1.165) is 18.7 Å². The third kappa shape index (κ3) is 6.17. The summed E-state index contributed by atoms with van der Waals surface area (Å²) in [5.74, 6) is 0.0918. The van der Waals surface area contributed by atoms with Gasteiger partial charge in [0.2, 0.25) is 5.91 Å². The molecular weight excluding hydrogens is 250 g/mol. The molecule has 0 aliphatic heterocycles. The first-order valence-corrected chi connectivity index (χ1v) is 7.25. The van der Waals surface area contributed by atoms with E-state index in [-0.39, 0.29) is 18.0 Å². The van der Waals surface area contributed by atoms with E-state index in [0.29, 0.717) is 6.42 Å². The molecule has 0 saturated heterocycles. The van der Waals surface area contributed by atoms with Crippen LogP contribution in [0.3, 0.4) is 0 Å². The van der Waals surface area contributed by atoms with Crippen molar-refractivity contribution >= 4 is 5.91 Å². The quantitative estimate of drug-likeness (QED) is 0.761.